The maximum Gasteiger partial charge on any atom is 0.251 e. The van der Waals surface area contributed by atoms with E-state index in [-0.39, 0.29) is 5.91 Å². The first kappa shape index (κ1) is 18.9. The average molecular weight is 379 g/mol. The molecule has 1 aliphatic heterocycles. The van der Waals surface area contributed by atoms with Crippen LogP contribution in [0.25, 0.3) is 11.3 Å². The van der Waals surface area contributed by atoms with E-state index in [9.17, 15) is 4.79 Å². The summed E-state index contributed by atoms with van der Waals surface area (Å²) < 4.78 is 0. The van der Waals surface area contributed by atoms with E-state index >= 15 is 0 Å². The van der Waals surface area contributed by atoms with E-state index in [1.54, 1.807) is 12.4 Å². The third kappa shape index (κ3) is 4.51. The van der Waals surface area contributed by atoms with Crippen molar-refractivity contribution in [2.45, 2.75) is 63.8 Å². The first-order valence-corrected chi connectivity index (χ1v) is 10.8. The Balaban J connectivity index is 1.48. The Kier molecular flexibility index (Phi) is 6.20. The molecule has 1 saturated carbocycles. The number of hydrogen-bond acceptors (Lipinski definition) is 4. The molecule has 4 rings (SSSR count). The molecule has 0 atom stereocenters. The number of nitrogens with one attached hydrogen (secondary N) is 1. The normalized spacial score (nSPS) is 18.5. The van der Waals surface area contributed by atoms with Crippen LogP contribution in [0.4, 0.5) is 5.82 Å². The summed E-state index contributed by atoms with van der Waals surface area (Å²) in [6, 6.07) is 8.14. The number of benzene rings is 1. The van der Waals surface area contributed by atoms with Gasteiger partial charge < -0.3 is 10.2 Å². The highest BCUT2D eigenvalue weighted by Gasteiger charge is 2.19. The monoisotopic (exact) mass is 378 g/mol. The fraction of sp³-hybridized carbons (Fsp3) is 0.522. The van der Waals surface area contributed by atoms with E-state index in [0.717, 1.165) is 48.6 Å². The van der Waals surface area contributed by atoms with Gasteiger partial charge in [-0.25, -0.2) is 4.98 Å². The Morgan fingerprint density at radius 2 is 1.50 bits per heavy atom. The maximum atomic E-state index is 12.6. The van der Waals surface area contributed by atoms with Crippen LogP contribution in [0.1, 0.15) is 68.1 Å². The van der Waals surface area contributed by atoms with Crippen molar-refractivity contribution >= 4 is 11.7 Å². The molecule has 1 aromatic heterocycles. The summed E-state index contributed by atoms with van der Waals surface area (Å²) in [5, 5.41) is 3.22. The number of rotatable bonds is 4. The quantitative estimate of drug-likeness (QED) is 0.791. The molecule has 148 valence electrons. The Hall–Kier alpha value is -2.43. The number of anilines is 1. The summed E-state index contributed by atoms with van der Waals surface area (Å²) in [7, 11) is 0. The zero-order valence-electron chi connectivity index (χ0n) is 16.6. The van der Waals surface area contributed by atoms with Crippen LogP contribution in [0, 0.1) is 0 Å². The standard InChI is InChI=1S/C23H30N4O/c28-23(26-20-8-4-1-2-5-9-20)19-12-10-18(11-13-19)21-22(25-15-14-24-21)27-16-6-3-7-17-27/h10-15,20H,1-9,16-17H2,(H,26,28). The number of carbonyl (C=O) groups is 1. The Bertz CT molecular complexity index is 775. The van der Waals surface area contributed by atoms with Crippen LogP contribution in [0.3, 0.4) is 0 Å². The molecular weight excluding hydrogens is 348 g/mol. The molecule has 0 radical (unpaired) electrons. The molecular formula is C23H30N4O. The molecule has 5 heteroatoms. The minimum absolute atomic E-state index is 0.0360. The molecule has 1 N–H and O–H groups in total. The van der Waals surface area contributed by atoms with Gasteiger partial charge in [-0.2, -0.15) is 0 Å². The van der Waals surface area contributed by atoms with Gasteiger partial charge in [0.1, 0.15) is 5.69 Å². The first-order chi connectivity index (χ1) is 13.8. The van der Waals surface area contributed by atoms with Crippen LogP contribution < -0.4 is 10.2 Å². The fourth-order valence-corrected chi connectivity index (χ4v) is 4.34. The second kappa shape index (κ2) is 9.18. The highest BCUT2D eigenvalue weighted by atomic mass is 16.1. The molecule has 2 heterocycles. The number of aromatic nitrogens is 2. The smallest absolute Gasteiger partial charge is 0.251 e. The lowest BCUT2D eigenvalue weighted by molar-refractivity contribution is 0.0933. The molecule has 1 saturated heterocycles. The minimum atomic E-state index is 0.0360. The average Bonchev–Trinajstić information content (AvgIpc) is 3.03. The molecule has 1 amide bonds. The van der Waals surface area contributed by atoms with Crippen LogP contribution in [0.15, 0.2) is 36.7 Å². The summed E-state index contributed by atoms with van der Waals surface area (Å²) in [5.74, 6) is 0.992. The highest BCUT2D eigenvalue weighted by molar-refractivity contribution is 5.95. The van der Waals surface area contributed by atoms with Crippen molar-refractivity contribution in [2.24, 2.45) is 0 Å². The van der Waals surface area contributed by atoms with Crippen LogP contribution in [-0.4, -0.2) is 35.0 Å². The van der Waals surface area contributed by atoms with Gasteiger partial charge in [0, 0.05) is 42.7 Å². The van der Waals surface area contributed by atoms with Crippen molar-refractivity contribution in [3.63, 3.8) is 0 Å². The van der Waals surface area contributed by atoms with Gasteiger partial charge in [-0.15, -0.1) is 0 Å². The Morgan fingerprint density at radius 1 is 0.857 bits per heavy atom. The zero-order chi connectivity index (χ0) is 19.2. The molecule has 2 fully saturated rings. The molecule has 28 heavy (non-hydrogen) atoms. The topological polar surface area (TPSA) is 58.1 Å². The van der Waals surface area contributed by atoms with Crippen LogP contribution in [0.5, 0.6) is 0 Å². The summed E-state index contributed by atoms with van der Waals surface area (Å²) in [4.78, 5) is 24.2. The lowest BCUT2D eigenvalue weighted by Crippen LogP contribution is -2.34. The summed E-state index contributed by atoms with van der Waals surface area (Å²) in [6.45, 7) is 2.07. The van der Waals surface area contributed by atoms with Crippen LogP contribution in [0.2, 0.25) is 0 Å². The van der Waals surface area contributed by atoms with Crippen molar-refractivity contribution in [1.82, 2.24) is 15.3 Å². The van der Waals surface area contributed by atoms with E-state index in [1.807, 2.05) is 24.3 Å². The van der Waals surface area contributed by atoms with Gasteiger partial charge in [-0.1, -0.05) is 37.8 Å². The second-order valence-electron chi connectivity index (χ2n) is 8.02. The van der Waals surface area contributed by atoms with Gasteiger partial charge in [0.15, 0.2) is 5.82 Å². The van der Waals surface area contributed by atoms with Gasteiger partial charge in [0.05, 0.1) is 0 Å². The van der Waals surface area contributed by atoms with Gasteiger partial charge >= 0.3 is 0 Å². The Labute approximate surface area is 167 Å². The number of nitrogens with zero attached hydrogens (tertiary/aromatic N) is 3. The number of piperidine rings is 1. The molecule has 0 unspecified atom stereocenters. The molecule has 2 aliphatic rings. The number of amides is 1. The van der Waals surface area contributed by atoms with Crippen molar-refractivity contribution in [3.05, 3.63) is 42.2 Å². The van der Waals surface area contributed by atoms with Crippen molar-refractivity contribution in [1.29, 1.82) is 0 Å². The van der Waals surface area contributed by atoms with Crippen LogP contribution in [-0.2, 0) is 0 Å². The van der Waals surface area contributed by atoms with Crippen molar-refractivity contribution in [3.8, 4) is 11.3 Å². The molecule has 1 aromatic carbocycles. The molecule has 2 aromatic rings. The van der Waals surface area contributed by atoms with E-state index < -0.39 is 0 Å². The van der Waals surface area contributed by atoms with E-state index in [1.165, 1.54) is 44.9 Å². The molecule has 5 nitrogen and oxygen atoms in total. The lowest BCUT2D eigenvalue weighted by atomic mass is 10.1. The largest absolute Gasteiger partial charge is 0.355 e. The predicted molar refractivity (Wildman–Crippen MR) is 112 cm³/mol. The van der Waals surface area contributed by atoms with E-state index in [2.05, 4.69) is 20.2 Å². The third-order valence-corrected chi connectivity index (χ3v) is 5.95. The van der Waals surface area contributed by atoms with Gasteiger partial charge in [-0.05, 0) is 44.2 Å². The van der Waals surface area contributed by atoms with Crippen LogP contribution >= 0.6 is 0 Å². The van der Waals surface area contributed by atoms with Crippen molar-refractivity contribution < 1.29 is 4.79 Å². The fourth-order valence-electron chi connectivity index (χ4n) is 4.34. The zero-order valence-corrected chi connectivity index (χ0v) is 16.6. The first-order valence-electron chi connectivity index (χ1n) is 10.8. The lowest BCUT2D eigenvalue weighted by Gasteiger charge is -2.28. The van der Waals surface area contributed by atoms with E-state index in [0.29, 0.717) is 6.04 Å². The maximum absolute atomic E-state index is 12.6. The summed E-state index contributed by atoms with van der Waals surface area (Å²) >= 11 is 0. The highest BCUT2D eigenvalue weighted by Crippen LogP contribution is 2.28. The van der Waals surface area contributed by atoms with Crippen molar-refractivity contribution in [2.75, 3.05) is 18.0 Å². The summed E-state index contributed by atoms with van der Waals surface area (Å²) in [5.41, 5.74) is 2.64. The number of carbonyl (C=O) groups excluding carboxylic acids is 1. The predicted octanol–water partition coefficient (Wildman–Crippen LogP) is 4.59. The van der Waals surface area contributed by atoms with Gasteiger partial charge in [0.2, 0.25) is 0 Å². The van der Waals surface area contributed by atoms with E-state index in [4.69, 9.17) is 0 Å². The minimum Gasteiger partial charge on any atom is -0.355 e. The summed E-state index contributed by atoms with van der Waals surface area (Å²) in [6.07, 6.45) is 14.4. The SMILES string of the molecule is O=C(NC1CCCCCC1)c1ccc(-c2nccnc2N2CCCCC2)cc1. The molecule has 0 spiro atoms. The van der Waals surface area contributed by atoms with Gasteiger partial charge in [-0.3, -0.25) is 9.78 Å². The Morgan fingerprint density at radius 3 is 2.21 bits per heavy atom. The third-order valence-electron chi connectivity index (χ3n) is 5.95. The number of hydrogen-bond donors (Lipinski definition) is 1. The molecule has 1 aliphatic carbocycles. The second-order valence-corrected chi connectivity index (χ2v) is 8.02. The van der Waals surface area contributed by atoms with Gasteiger partial charge in [0.25, 0.3) is 5.91 Å². The molecule has 0 bridgehead atoms.